The minimum Gasteiger partial charge on any atom is -0.469 e. The summed E-state index contributed by atoms with van der Waals surface area (Å²) >= 11 is 0. The SMILES string of the molecule is CCN1CC(C)(C)Oc2nc(N3CC4CCC(C3)O4)nc(-c3ccc(NC(=O)Nc4cnc(N(C)C)cn4)c(F)c3)c2C1=O. The Hall–Kier alpha value is -4.59. The maximum atomic E-state index is 15.5. The van der Waals surface area contributed by atoms with Gasteiger partial charge in [0.2, 0.25) is 11.8 Å². The molecule has 44 heavy (non-hydrogen) atoms. The summed E-state index contributed by atoms with van der Waals surface area (Å²) in [5.74, 6) is 0.396. The molecule has 2 fully saturated rings. The van der Waals surface area contributed by atoms with Gasteiger partial charge in [-0.1, -0.05) is 6.07 Å². The second-order valence-electron chi connectivity index (χ2n) is 12.0. The first-order chi connectivity index (χ1) is 21.0. The molecule has 2 bridgehead atoms. The Morgan fingerprint density at radius 2 is 1.86 bits per heavy atom. The van der Waals surface area contributed by atoms with Gasteiger partial charge in [0.05, 0.1) is 42.5 Å². The van der Waals surface area contributed by atoms with Gasteiger partial charge in [0.15, 0.2) is 5.82 Å². The highest BCUT2D eigenvalue weighted by Gasteiger charge is 2.39. The lowest BCUT2D eigenvalue weighted by Crippen LogP contribution is -2.43. The van der Waals surface area contributed by atoms with E-state index in [0.29, 0.717) is 43.5 Å². The lowest BCUT2D eigenvalue weighted by Gasteiger charge is -2.33. The number of anilines is 4. The first kappa shape index (κ1) is 29.5. The summed E-state index contributed by atoms with van der Waals surface area (Å²) < 4.78 is 27.9. The highest BCUT2D eigenvalue weighted by Crippen LogP contribution is 2.38. The zero-order chi connectivity index (χ0) is 31.2. The van der Waals surface area contributed by atoms with Gasteiger partial charge >= 0.3 is 6.03 Å². The van der Waals surface area contributed by atoms with Gasteiger partial charge in [-0.25, -0.2) is 24.1 Å². The lowest BCUT2D eigenvalue weighted by molar-refractivity contribution is 0.0297. The molecule has 3 amide bonds. The predicted molar refractivity (Wildman–Crippen MR) is 163 cm³/mol. The molecule has 3 aromatic rings. The Balaban J connectivity index is 1.33. The van der Waals surface area contributed by atoms with E-state index in [1.165, 1.54) is 24.5 Å². The molecule has 0 radical (unpaired) electrons. The molecule has 13 nitrogen and oxygen atoms in total. The summed E-state index contributed by atoms with van der Waals surface area (Å²) in [6, 6.07) is 3.60. The fourth-order valence-electron chi connectivity index (χ4n) is 5.71. The number of halogens is 1. The van der Waals surface area contributed by atoms with E-state index in [1.54, 1.807) is 15.9 Å². The van der Waals surface area contributed by atoms with Crippen molar-refractivity contribution in [2.75, 3.05) is 60.7 Å². The van der Waals surface area contributed by atoms with E-state index >= 15 is 4.39 Å². The van der Waals surface area contributed by atoms with Crippen LogP contribution >= 0.6 is 0 Å². The summed E-state index contributed by atoms with van der Waals surface area (Å²) in [4.78, 5) is 49.9. The van der Waals surface area contributed by atoms with E-state index in [4.69, 9.17) is 19.4 Å². The number of urea groups is 1. The molecule has 2 saturated heterocycles. The number of rotatable bonds is 6. The third-order valence-corrected chi connectivity index (χ3v) is 7.85. The monoisotopic (exact) mass is 605 g/mol. The van der Waals surface area contributed by atoms with Gasteiger partial charge in [0, 0.05) is 39.3 Å². The number of fused-ring (bicyclic) bond motifs is 3. The van der Waals surface area contributed by atoms with Crippen molar-refractivity contribution in [3.05, 3.63) is 42.0 Å². The van der Waals surface area contributed by atoms with Crippen LogP contribution in [0.5, 0.6) is 5.88 Å². The van der Waals surface area contributed by atoms with Gasteiger partial charge in [-0.3, -0.25) is 10.1 Å². The molecule has 5 heterocycles. The molecule has 0 saturated carbocycles. The number of benzene rings is 1. The number of morpholine rings is 1. The fraction of sp³-hybridized carbons (Fsp3) is 0.467. The van der Waals surface area contributed by atoms with E-state index in [1.807, 2.05) is 39.8 Å². The molecule has 232 valence electrons. The number of likely N-dealkylation sites (N-methyl/N-ethyl adjacent to an activating group) is 1. The van der Waals surface area contributed by atoms with Crippen LogP contribution in [-0.4, -0.2) is 94.9 Å². The number of nitrogens with zero attached hydrogens (tertiary/aromatic N) is 7. The summed E-state index contributed by atoms with van der Waals surface area (Å²) in [6.45, 7) is 7.73. The normalized spacial score (nSPS) is 20.5. The molecule has 3 aliphatic heterocycles. The maximum absolute atomic E-state index is 15.5. The molecule has 2 unspecified atom stereocenters. The third kappa shape index (κ3) is 5.94. The topological polar surface area (TPSA) is 138 Å². The minimum absolute atomic E-state index is 0.0619. The van der Waals surface area contributed by atoms with Crippen LogP contribution in [-0.2, 0) is 4.74 Å². The maximum Gasteiger partial charge on any atom is 0.324 e. The Morgan fingerprint density at radius 3 is 2.50 bits per heavy atom. The second kappa shape index (κ2) is 11.5. The Bertz CT molecular complexity index is 1570. The summed E-state index contributed by atoms with van der Waals surface area (Å²) in [5, 5.41) is 5.05. The average molecular weight is 606 g/mol. The molecular formula is C30H36FN9O4. The van der Waals surface area contributed by atoms with Crippen LogP contribution in [0.25, 0.3) is 11.3 Å². The van der Waals surface area contributed by atoms with Gasteiger partial charge < -0.3 is 29.5 Å². The number of ether oxygens (including phenoxy) is 2. The molecule has 1 aromatic carbocycles. The lowest BCUT2D eigenvalue weighted by atomic mass is 10.0. The fourth-order valence-corrected chi connectivity index (χ4v) is 5.71. The first-order valence-corrected chi connectivity index (χ1v) is 14.7. The van der Waals surface area contributed by atoms with E-state index in [-0.39, 0.29) is 46.8 Å². The number of amides is 3. The van der Waals surface area contributed by atoms with Gasteiger partial charge in [-0.15, -0.1) is 0 Å². The van der Waals surface area contributed by atoms with Crippen LogP contribution in [0, 0.1) is 5.82 Å². The van der Waals surface area contributed by atoms with E-state index in [9.17, 15) is 9.59 Å². The molecular weight excluding hydrogens is 569 g/mol. The standard InChI is InChI=1S/C30H36FN9O4/c1-6-39-16-30(2,3)44-26-24(27(39)41)25(36-28(37-26)40-14-18-8-9-19(15-40)43-18)17-7-10-21(20(31)11-17)34-29(42)35-22-12-33-23(13-32-22)38(4)5/h7,10-13,18-19H,6,8-9,14-16H2,1-5H3,(H2,32,34,35,42). The van der Waals surface area contributed by atoms with Crippen molar-refractivity contribution in [2.24, 2.45) is 0 Å². The van der Waals surface area contributed by atoms with E-state index in [2.05, 4.69) is 20.6 Å². The third-order valence-electron chi connectivity index (χ3n) is 7.85. The summed E-state index contributed by atoms with van der Waals surface area (Å²) in [5.41, 5.74) is 0.00894. The average Bonchev–Trinajstić information content (AvgIpc) is 3.28. The minimum atomic E-state index is -0.715. The van der Waals surface area contributed by atoms with Crippen molar-refractivity contribution in [1.82, 2.24) is 24.8 Å². The zero-order valence-electron chi connectivity index (χ0n) is 25.4. The Kier molecular flexibility index (Phi) is 7.70. The molecule has 3 aliphatic rings. The smallest absolute Gasteiger partial charge is 0.324 e. The van der Waals surface area contributed by atoms with Gasteiger partial charge in [-0.2, -0.15) is 4.98 Å². The van der Waals surface area contributed by atoms with Gasteiger partial charge in [-0.05, 0) is 45.7 Å². The number of nitrogens with one attached hydrogen (secondary N) is 2. The molecule has 0 spiro atoms. The molecule has 2 aromatic heterocycles. The van der Waals surface area contributed by atoms with Crippen LogP contribution in [0.4, 0.5) is 32.5 Å². The van der Waals surface area contributed by atoms with Crippen LogP contribution in [0.15, 0.2) is 30.6 Å². The van der Waals surface area contributed by atoms with Crippen molar-refractivity contribution in [1.29, 1.82) is 0 Å². The highest BCUT2D eigenvalue weighted by molar-refractivity contribution is 6.03. The van der Waals surface area contributed by atoms with Crippen molar-refractivity contribution in [3.63, 3.8) is 0 Å². The van der Waals surface area contributed by atoms with Crippen molar-refractivity contribution >= 4 is 35.2 Å². The van der Waals surface area contributed by atoms with Crippen LogP contribution in [0.3, 0.4) is 0 Å². The molecule has 0 aliphatic carbocycles. The highest BCUT2D eigenvalue weighted by atomic mass is 19.1. The molecule has 2 N–H and O–H groups in total. The first-order valence-electron chi connectivity index (χ1n) is 14.7. The van der Waals surface area contributed by atoms with Crippen LogP contribution < -0.4 is 25.2 Å². The second-order valence-corrected chi connectivity index (χ2v) is 12.0. The van der Waals surface area contributed by atoms with Crippen molar-refractivity contribution < 1.29 is 23.5 Å². The van der Waals surface area contributed by atoms with E-state index in [0.717, 1.165) is 12.8 Å². The van der Waals surface area contributed by atoms with Gasteiger partial charge in [0.1, 0.15) is 22.8 Å². The predicted octanol–water partition coefficient (Wildman–Crippen LogP) is 3.78. The van der Waals surface area contributed by atoms with Crippen LogP contribution in [0.1, 0.15) is 44.0 Å². The number of carbonyl (C=O) groups is 2. The largest absolute Gasteiger partial charge is 0.469 e. The van der Waals surface area contributed by atoms with Crippen LogP contribution in [0.2, 0.25) is 0 Å². The summed E-state index contributed by atoms with van der Waals surface area (Å²) in [6.07, 6.45) is 5.02. The number of aromatic nitrogens is 4. The Labute approximate surface area is 254 Å². The van der Waals surface area contributed by atoms with Crippen molar-refractivity contribution in [2.45, 2.75) is 51.4 Å². The molecule has 2 atom stereocenters. The van der Waals surface area contributed by atoms with Gasteiger partial charge in [0.25, 0.3) is 5.91 Å². The molecule has 6 rings (SSSR count). The zero-order valence-corrected chi connectivity index (χ0v) is 25.4. The summed E-state index contributed by atoms with van der Waals surface area (Å²) in [7, 11) is 3.65. The van der Waals surface area contributed by atoms with E-state index < -0.39 is 17.4 Å². The number of carbonyl (C=O) groups excluding carboxylic acids is 2. The number of hydrogen-bond donors (Lipinski definition) is 2. The Morgan fingerprint density at radius 1 is 1.11 bits per heavy atom. The molecule has 14 heteroatoms. The van der Waals surface area contributed by atoms with Crippen molar-refractivity contribution in [3.8, 4) is 17.1 Å². The number of hydrogen-bond acceptors (Lipinski definition) is 10. The quantitative estimate of drug-likeness (QED) is 0.427.